The largest absolute Gasteiger partial charge is 0.326 e. The van der Waals surface area contributed by atoms with E-state index in [1.165, 1.54) is 0 Å². The Kier molecular flexibility index (Phi) is 3.19. The zero-order valence-electron chi connectivity index (χ0n) is 12.4. The van der Waals surface area contributed by atoms with Gasteiger partial charge in [0, 0.05) is 29.0 Å². The van der Waals surface area contributed by atoms with Crippen molar-refractivity contribution in [3.63, 3.8) is 0 Å². The SMILES string of the molecule is O=C1CC(C(=O)Nc2ccc3cn[nH]c3c2)Cc2ccccc21. The molecule has 1 heterocycles. The highest BCUT2D eigenvalue weighted by molar-refractivity contribution is 6.04. The molecule has 0 radical (unpaired) electrons. The van der Waals surface area contributed by atoms with Gasteiger partial charge in [0.1, 0.15) is 0 Å². The van der Waals surface area contributed by atoms with E-state index in [0.29, 0.717) is 12.1 Å². The quantitative estimate of drug-likeness (QED) is 0.764. The van der Waals surface area contributed by atoms with Crippen LogP contribution in [0, 0.1) is 5.92 Å². The molecule has 3 aromatic rings. The van der Waals surface area contributed by atoms with E-state index in [-0.39, 0.29) is 24.0 Å². The van der Waals surface area contributed by atoms with Crippen LogP contribution in [-0.4, -0.2) is 21.9 Å². The number of anilines is 1. The van der Waals surface area contributed by atoms with Crippen LogP contribution >= 0.6 is 0 Å². The number of H-pyrrole nitrogens is 1. The summed E-state index contributed by atoms with van der Waals surface area (Å²) in [4.78, 5) is 24.7. The van der Waals surface area contributed by atoms with Crippen molar-refractivity contribution in [3.8, 4) is 0 Å². The summed E-state index contributed by atoms with van der Waals surface area (Å²) in [5.74, 6) is -0.405. The van der Waals surface area contributed by atoms with Gasteiger partial charge in [0.2, 0.25) is 5.91 Å². The Labute approximate surface area is 132 Å². The first-order valence-electron chi connectivity index (χ1n) is 7.56. The minimum atomic E-state index is -0.324. The molecule has 0 saturated carbocycles. The van der Waals surface area contributed by atoms with Gasteiger partial charge in [-0.15, -0.1) is 0 Å². The van der Waals surface area contributed by atoms with Gasteiger partial charge < -0.3 is 5.32 Å². The standard InChI is InChI=1S/C18H15N3O2/c22-17-8-13(7-11-3-1-2-4-15(11)17)18(23)20-14-6-5-12-10-19-21-16(12)9-14/h1-6,9-10,13H,7-8H2,(H,19,21)(H,20,23). The summed E-state index contributed by atoms with van der Waals surface area (Å²) in [5.41, 5.74) is 3.27. The predicted octanol–water partition coefficient (Wildman–Crippen LogP) is 2.95. The van der Waals surface area contributed by atoms with Crippen LogP contribution in [-0.2, 0) is 11.2 Å². The number of rotatable bonds is 2. The van der Waals surface area contributed by atoms with Crippen LogP contribution in [0.3, 0.4) is 0 Å². The number of fused-ring (bicyclic) bond motifs is 2. The Morgan fingerprint density at radius 2 is 2.04 bits per heavy atom. The summed E-state index contributed by atoms with van der Waals surface area (Å²) in [6.07, 6.45) is 2.59. The molecule has 0 saturated heterocycles. The molecular formula is C18H15N3O2. The first kappa shape index (κ1) is 13.7. The maximum atomic E-state index is 12.5. The molecule has 5 nitrogen and oxygen atoms in total. The number of carbonyl (C=O) groups excluding carboxylic acids is 2. The normalized spacial score (nSPS) is 17.0. The third-order valence-corrected chi connectivity index (χ3v) is 4.30. The lowest BCUT2D eigenvalue weighted by atomic mass is 9.82. The fraction of sp³-hybridized carbons (Fsp3) is 0.167. The number of hydrogen-bond acceptors (Lipinski definition) is 3. The first-order chi connectivity index (χ1) is 11.2. The number of carbonyl (C=O) groups is 2. The maximum Gasteiger partial charge on any atom is 0.228 e. The van der Waals surface area contributed by atoms with E-state index >= 15 is 0 Å². The van der Waals surface area contributed by atoms with E-state index in [0.717, 1.165) is 22.0 Å². The van der Waals surface area contributed by atoms with Gasteiger partial charge in [-0.25, -0.2) is 0 Å². The van der Waals surface area contributed by atoms with Crippen LogP contribution < -0.4 is 5.32 Å². The molecule has 1 aliphatic rings. The molecule has 4 rings (SSSR count). The fourth-order valence-corrected chi connectivity index (χ4v) is 3.09. The molecule has 114 valence electrons. The number of nitrogens with one attached hydrogen (secondary N) is 2. The van der Waals surface area contributed by atoms with Crippen molar-refractivity contribution in [2.75, 3.05) is 5.32 Å². The van der Waals surface area contributed by atoms with Gasteiger partial charge in [-0.1, -0.05) is 24.3 Å². The maximum absolute atomic E-state index is 12.5. The molecule has 1 atom stereocenters. The highest BCUT2D eigenvalue weighted by Gasteiger charge is 2.29. The molecule has 1 aliphatic carbocycles. The minimum Gasteiger partial charge on any atom is -0.326 e. The van der Waals surface area contributed by atoms with E-state index in [1.54, 1.807) is 6.20 Å². The number of ketones is 1. The number of aromatic nitrogens is 2. The van der Waals surface area contributed by atoms with Gasteiger partial charge in [-0.2, -0.15) is 5.10 Å². The highest BCUT2D eigenvalue weighted by atomic mass is 16.2. The van der Waals surface area contributed by atoms with Gasteiger partial charge in [-0.3, -0.25) is 14.7 Å². The van der Waals surface area contributed by atoms with E-state index < -0.39 is 0 Å². The molecule has 0 fully saturated rings. The third kappa shape index (κ3) is 2.50. The van der Waals surface area contributed by atoms with Crippen LogP contribution in [0.4, 0.5) is 5.69 Å². The predicted molar refractivity (Wildman–Crippen MR) is 87.3 cm³/mol. The average Bonchev–Trinajstić information content (AvgIpc) is 3.02. The molecular weight excluding hydrogens is 290 g/mol. The van der Waals surface area contributed by atoms with Crippen molar-refractivity contribution in [2.45, 2.75) is 12.8 Å². The second-order valence-corrected chi connectivity index (χ2v) is 5.85. The zero-order chi connectivity index (χ0) is 15.8. The summed E-state index contributed by atoms with van der Waals surface area (Å²) >= 11 is 0. The van der Waals surface area contributed by atoms with Crippen molar-refractivity contribution in [2.24, 2.45) is 5.92 Å². The lowest BCUT2D eigenvalue weighted by molar-refractivity contribution is -0.119. The molecule has 2 aromatic carbocycles. The number of benzene rings is 2. The topological polar surface area (TPSA) is 74.8 Å². The van der Waals surface area contributed by atoms with Crippen molar-refractivity contribution < 1.29 is 9.59 Å². The monoisotopic (exact) mass is 305 g/mol. The Morgan fingerprint density at radius 1 is 1.17 bits per heavy atom. The highest BCUT2D eigenvalue weighted by Crippen LogP contribution is 2.27. The van der Waals surface area contributed by atoms with Gasteiger partial charge in [0.05, 0.1) is 11.7 Å². The van der Waals surface area contributed by atoms with Crippen molar-refractivity contribution in [3.05, 3.63) is 59.8 Å². The van der Waals surface area contributed by atoms with Crippen LogP contribution in [0.15, 0.2) is 48.7 Å². The summed E-state index contributed by atoms with van der Waals surface area (Å²) in [6.45, 7) is 0. The number of aromatic amines is 1. The van der Waals surface area contributed by atoms with E-state index in [2.05, 4.69) is 15.5 Å². The Bertz CT molecular complexity index is 913. The van der Waals surface area contributed by atoms with E-state index in [4.69, 9.17) is 0 Å². The Balaban J connectivity index is 1.54. The Morgan fingerprint density at radius 3 is 2.96 bits per heavy atom. The van der Waals surface area contributed by atoms with Crippen molar-refractivity contribution >= 4 is 28.3 Å². The summed E-state index contributed by atoms with van der Waals surface area (Å²) < 4.78 is 0. The number of amides is 1. The minimum absolute atomic E-state index is 0.0380. The third-order valence-electron chi connectivity index (χ3n) is 4.30. The van der Waals surface area contributed by atoms with Gasteiger partial charge >= 0.3 is 0 Å². The lowest BCUT2D eigenvalue weighted by Gasteiger charge is -2.22. The second-order valence-electron chi connectivity index (χ2n) is 5.85. The van der Waals surface area contributed by atoms with Crippen LogP contribution in [0.2, 0.25) is 0 Å². The fourth-order valence-electron chi connectivity index (χ4n) is 3.09. The molecule has 1 unspecified atom stereocenters. The van der Waals surface area contributed by atoms with Crippen LogP contribution in [0.25, 0.3) is 10.9 Å². The summed E-state index contributed by atoms with van der Waals surface area (Å²) in [6, 6.07) is 13.1. The smallest absolute Gasteiger partial charge is 0.228 e. The van der Waals surface area contributed by atoms with Crippen molar-refractivity contribution in [1.29, 1.82) is 0 Å². The molecule has 23 heavy (non-hydrogen) atoms. The molecule has 0 spiro atoms. The molecule has 1 amide bonds. The number of nitrogens with zero attached hydrogens (tertiary/aromatic N) is 1. The van der Waals surface area contributed by atoms with Gasteiger partial charge in [0.15, 0.2) is 5.78 Å². The molecule has 0 bridgehead atoms. The number of Topliss-reactive ketones (excluding diaryl/α,β-unsaturated/α-hetero) is 1. The molecule has 0 aliphatic heterocycles. The molecule has 2 N–H and O–H groups in total. The number of hydrogen-bond donors (Lipinski definition) is 2. The second kappa shape index (κ2) is 5.35. The molecule has 1 aromatic heterocycles. The van der Waals surface area contributed by atoms with Gasteiger partial charge in [-0.05, 0) is 30.2 Å². The summed E-state index contributed by atoms with van der Waals surface area (Å²) in [5, 5.41) is 10.7. The average molecular weight is 305 g/mol. The van der Waals surface area contributed by atoms with E-state index in [9.17, 15) is 9.59 Å². The first-order valence-corrected chi connectivity index (χ1v) is 7.56. The van der Waals surface area contributed by atoms with E-state index in [1.807, 2.05) is 42.5 Å². The van der Waals surface area contributed by atoms with Gasteiger partial charge in [0.25, 0.3) is 0 Å². The summed E-state index contributed by atoms with van der Waals surface area (Å²) in [7, 11) is 0. The molecule has 5 heteroatoms. The van der Waals surface area contributed by atoms with Crippen LogP contribution in [0.5, 0.6) is 0 Å². The van der Waals surface area contributed by atoms with Crippen molar-refractivity contribution in [1.82, 2.24) is 10.2 Å². The lowest BCUT2D eigenvalue weighted by Crippen LogP contribution is -2.30. The Hall–Kier alpha value is -2.95. The zero-order valence-corrected chi connectivity index (χ0v) is 12.4. The van der Waals surface area contributed by atoms with Crippen LogP contribution in [0.1, 0.15) is 22.3 Å².